The van der Waals surface area contributed by atoms with Crippen LogP contribution in [0.5, 0.6) is 11.5 Å². The van der Waals surface area contributed by atoms with Crippen LogP contribution in [0.1, 0.15) is 0 Å². The minimum Gasteiger partial charge on any atom is -0.410 e. The number of hydrogen-bond acceptors (Lipinski definition) is 4. The van der Waals surface area contributed by atoms with E-state index in [4.69, 9.17) is 9.47 Å². The number of anilines is 2. The van der Waals surface area contributed by atoms with E-state index in [0.29, 0.717) is 11.4 Å². The van der Waals surface area contributed by atoms with Gasteiger partial charge in [0.05, 0.1) is 0 Å². The van der Waals surface area contributed by atoms with E-state index >= 15 is 0 Å². The topological polar surface area (TPSA) is 59.1 Å². The minimum absolute atomic E-state index is 0.278. The van der Waals surface area contributed by atoms with Gasteiger partial charge in [-0.3, -0.25) is 9.80 Å². The van der Waals surface area contributed by atoms with E-state index in [0.717, 1.165) is 0 Å². The molecule has 2 amide bonds. The van der Waals surface area contributed by atoms with Crippen LogP contribution < -0.4 is 19.3 Å². The van der Waals surface area contributed by atoms with E-state index in [9.17, 15) is 9.59 Å². The number of para-hydroxylation sites is 2. The highest BCUT2D eigenvalue weighted by Crippen LogP contribution is 2.22. The van der Waals surface area contributed by atoms with Gasteiger partial charge in [-0.1, -0.05) is 42.5 Å². The predicted molar refractivity (Wildman–Crippen MR) is 108 cm³/mol. The van der Waals surface area contributed by atoms with Crippen molar-refractivity contribution in [3.63, 3.8) is 0 Å². The molecule has 3 rings (SSSR count). The molecule has 0 spiro atoms. The van der Waals surface area contributed by atoms with E-state index < -0.39 is 12.2 Å². The van der Waals surface area contributed by atoms with E-state index in [1.807, 2.05) is 36.4 Å². The maximum Gasteiger partial charge on any atom is 0.419 e. The summed E-state index contributed by atoms with van der Waals surface area (Å²) in [6, 6.07) is 24.7. The average molecular weight is 376 g/mol. The van der Waals surface area contributed by atoms with E-state index in [1.54, 1.807) is 56.6 Å². The number of nitrogens with zero attached hydrogens (tertiary/aromatic N) is 2. The van der Waals surface area contributed by atoms with Gasteiger partial charge < -0.3 is 9.47 Å². The number of carbonyl (C=O) groups excluding carboxylic acids is 2. The Morgan fingerprint density at radius 2 is 1.00 bits per heavy atom. The lowest BCUT2D eigenvalue weighted by atomic mass is 10.3. The summed E-state index contributed by atoms with van der Waals surface area (Å²) in [7, 11) is 3.24. The monoisotopic (exact) mass is 376 g/mol. The second-order valence-corrected chi connectivity index (χ2v) is 6.00. The first-order chi connectivity index (χ1) is 13.5. The first-order valence-corrected chi connectivity index (χ1v) is 8.66. The fourth-order valence-electron chi connectivity index (χ4n) is 2.45. The second-order valence-electron chi connectivity index (χ2n) is 6.00. The summed E-state index contributed by atoms with van der Waals surface area (Å²) < 4.78 is 10.8. The zero-order valence-corrected chi connectivity index (χ0v) is 15.6. The second kappa shape index (κ2) is 8.73. The summed E-state index contributed by atoms with van der Waals surface area (Å²) in [5, 5.41) is 0. The molecule has 0 aliphatic heterocycles. The smallest absolute Gasteiger partial charge is 0.410 e. The molecule has 6 nitrogen and oxygen atoms in total. The van der Waals surface area contributed by atoms with Crippen molar-refractivity contribution < 1.29 is 19.1 Å². The molecular formula is C22H20N2O4. The largest absolute Gasteiger partial charge is 0.419 e. The number of carbonyl (C=O) groups is 2. The van der Waals surface area contributed by atoms with Crippen LogP contribution in [0.4, 0.5) is 21.0 Å². The molecule has 0 aliphatic carbocycles. The molecule has 28 heavy (non-hydrogen) atoms. The molecule has 3 aromatic rings. The van der Waals surface area contributed by atoms with Gasteiger partial charge in [-0.2, -0.15) is 0 Å². The lowest BCUT2D eigenvalue weighted by Crippen LogP contribution is -2.30. The number of hydrogen-bond donors (Lipinski definition) is 0. The molecule has 0 fully saturated rings. The highest BCUT2D eigenvalue weighted by molar-refractivity contribution is 5.89. The van der Waals surface area contributed by atoms with Gasteiger partial charge in [0.1, 0.15) is 11.5 Å². The highest BCUT2D eigenvalue weighted by atomic mass is 16.6. The minimum atomic E-state index is -0.545. The van der Waals surface area contributed by atoms with Crippen molar-refractivity contribution in [3.8, 4) is 11.5 Å². The van der Waals surface area contributed by atoms with E-state index in [2.05, 4.69) is 0 Å². The van der Waals surface area contributed by atoms with E-state index in [1.165, 1.54) is 15.9 Å². The van der Waals surface area contributed by atoms with Gasteiger partial charge in [-0.05, 0) is 36.4 Å². The van der Waals surface area contributed by atoms with Gasteiger partial charge in [0.2, 0.25) is 0 Å². The van der Waals surface area contributed by atoms with Crippen LogP contribution >= 0.6 is 0 Å². The van der Waals surface area contributed by atoms with Gasteiger partial charge >= 0.3 is 12.2 Å². The Hall–Kier alpha value is -3.80. The van der Waals surface area contributed by atoms with Gasteiger partial charge in [-0.25, -0.2) is 9.59 Å². The fraction of sp³-hybridized carbons (Fsp3) is 0.0909. The van der Waals surface area contributed by atoms with Crippen LogP contribution in [0.25, 0.3) is 0 Å². The Morgan fingerprint density at radius 3 is 1.39 bits per heavy atom. The van der Waals surface area contributed by atoms with Gasteiger partial charge in [-0.15, -0.1) is 0 Å². The molecule has 0 radical (unpaired) electrons. The van der Waals surface area contributed by atoms with Gasteiger partial charge in [0.25, 0.3) is 0 Å². The van der Waals surface area contributed by atoms with Crippen LogP contribution in [0.15, 0.2) is 84.9 Å². The Morgan fingerprint density at radius 1 is 0.607 bits per heavy atom. The lowest BCUT2D eigenvalue weighted by Gasteiger charge is -2.18. The molecule has 6 heteroatoms. The van der Waals surface area contributed by atoms with Crippen molar-refractivity contribution in [2.24, 2.45) is 0 Å². The Labute approximate surface area is 163 Å². The quantitative estimate of drug-likeness (QED) is 0.646. The van der Waals surface area contributed by atoms with Crippen LogP contribution in [-0.2, 0) is 0 Å². The molecule has 0 N–H and O–H groups in total. The SMILES string of the molecule is CN(C(=O)Oc1cccc(OC(=O)N(C)c2ccccc2)c1)c1ccccc1. The molecule has 0 bridgehead atoms. The maximum absolute atomic E-state index is 12.3. The lowest BCUT2D eigenvalue weighted by molar-refractivity contribution is 0.207. The summed E-state index contributed by atoms with van der Waals surface area (Å²) in [4.78, 5) is 27.4. The maximum atomic E-state index is 12.3. The van der Waals surface area contributed by atoms with Crippen molar-refractivity contribution in [1.82, 2.24) is 0 Å². The standard InChI is InChI=1S/C22H20N2O4/c1-23(17-10-5-3-6-11-17)21(25)27-19-14-9-15-20(16-19)28-22(26)24(2)18-12-7-4-8-13-18/h3-16H,1-2H3. The van der Waals surface area contributed by atoms with Crippen LogP contribution in [0, 0.1) is 0 Å². The van der Waals surface area contributed by atoms with Crippen molar-refractivity contribution in [2.75, 3.05) is 23.9 Å². The molecule has 3 aromatic carbocycles. The molecule has 0 aromatic heterocycles. The van der Waals surface area contributed by atoms with Crippen molar-refractivity contribution >= 4 is 23.6 Å². The normalized spacial score (nSPS) is 10.1. The number of ether oxygens (including phenoxy) is 2. The molecule has 0 saturated heterocycles. The molecule has 0 aliphatic rings. The number of benzene rings is 3. The van der Waals surface area contributed by atoms with Crippen molar-refractivity contribution in [1.29, 1.82) is 0 Å². The summed E-state index contributed by atoms with van der Waals surface area (Å²) in [5.74, 6) is 0.556. The van der Waals surface area contributed by atoms with Crippen LogP contribution in [0.2, 0.25) is 0 Å². The molecule has 0 unspecified atom stereocenters. The third-order valence-corrected chi connectivity index (χ3v) is 4.05. The van der Waals surface area contributed by atoms with Crippen LogP contribution in [0.3, 0.4) is 0 Å². The Balaban J connectivity index is 1.65. The van der Waals surface area contributed by atoms with Gasteiger partial charge in [0.15, 0.2) is 0 Å². The molecular weight excluding hydrogens is 356 g/mol. The predicted octanol–water partition coefficient (Wildman–Crippen LogP) is 4.96. The zero-order valence-electron chi connectivity index (χ0n) is 15.6. The van der Waals surface area contributed by atoms with Gasteiger partial charge in [0, 0.05) is 31.5 Å². The molecule has 0 heterocycles. The summed E-state index contributed by atoms with van der Waals surface area (Å²) >= 11 is 0. The third kappa shape index (κ3) is 4.67. The Kier molecular flexibility index (Phi) is 5.91. The molecule has 142 valence electrons. The molecule has 0 saturated carbocycles. The molecule has 0 atom stereocenters. The summed E-state index contributed by atoms with van der Waals surface area (Å²) in [6.07, 6.45) is -1.09. The first kappa shape index (κ1) is 19.0. The van der Waals surface area contributed by atoms with Crippen molar-refractivity contribution in [3.05, 3.63) is 84.9 Å². The average Bonchev–Trinajstić information content (AvgIpc) is 2.74. The van der Waals surface area contributed by atoms with Crippen LogP contribution in [-0.4, -0.2) is 26.3 Å². The fourth-order valence-corrected chi connectivity index (χ4v) is 2.45. The number of rotatable bonds is 4. The summed E-state index contributed by atoms with van der Waals surface area (Å²) in [6.45, 7) is 0. The highest BCUT2D eigenvalue weighted by Gasteiger charge is 2.16. The Bertz CT molecular complexity index is 870. The first-order valence-electron chi connectivity index (χ1n) is 8.66. The van der Waals surface area contributed by atoms with E-state index in [-0.39, 0.29) is 11.5 Å². The zero-order chi connectivity index (χ0) is 19.9. The number of amides is 2. The summed E-state index contributed by atoms with van der Waals surface area (Å²) in [5.41, 5.74) is 1.42. The third-order valence-electron chi connectivity index (χ3n) is 4.05. The van der Waals surface area contributed by atoms with Crippen molar-refractivity contribution in [2.45, 2.75) is 0 Å².